The van der Waals surface area contributed by atoms with E-state index in [1.807, 2.05) is 11.9 Å². The monoisotopic (exact) mass is 349 g/mol. The number of guanidine groups is 1. The maximum atomic E-state index is 13.9. The number of rotatable bonds is 3. The van der Waals surface area contributed by atoms with E-state index < -0.39 is 11.6 Å². The molecular formula is C16H21F2N7. The molecule has 9 heteroatoms. The van der Waals surface area contributed by atoms with Crippen molar-refractivity contribution in [2.24, 2.45) is 12.0 Å². The van der Waals surface area contributed by atoms with Crippen molar-refractivity contribution in [1.82, 2.24) is 25.0 Å². The number of aliphatic imine (C=N–C) groups is 1. The second-order valence-electron chi connectivity index (χ2n) is 5.77. The number of halogens is 2. The third kappa shape index (κ3) is 3.86. The van der Waals surface area contributed by atoms with Crippen molar-refractivity contribution in [3.8, 4) is 0 Å². The van der Waals surface area contributed by atoms with Crippen molar-refractivity contribution in [2.45, 2.75) is 6.54 Å². The molecule has 1 N–H and O–H groups in total. The van der Waals surface area contributed by atoms with Gasteiger partial charge in [-0.2, -0.15) is 5.10 Å². The average Bonchev–Trinajstić information content (AvgIpc) is 3.03. The Morgan fingerprint density at radius 2 is 2.00 bits per heavy atom. The van der Waals surface area contributed by atoms with E-state index in [0.29, 0.717) is 38.4 Å². The molecule has 134 valence electrons. The molecule has 0 aliphatic carbocycles. The molecule has 2 heterocycles. The van der Waals surface area contributed by atoms with E-state index in [4.69, 9.17) is 0 Å². The zero-order valence-electron chi connectivity index (χ0n) is 14.3. The Balaban J connectivity index is 1.59. The van der Waals surface area contributed by atoms with Crippen LogP contribution in [0.2, 0.25) is 0 Å². The van der Waals surface area contributed by atoms with Gasteiger partial charge >= 0.3 is 0 Å². The molecule has 0 unspecified atom stereocenters. The summed E-state index contributed by atoms with van der Waals surface area (Å²) in [6, 6.07) is 3.54. The lowest BCUT2D eigenvalue weighted by molar-refractivity contribution is 0.369. The summed E-state index contributed by atoms with van der Waals surface area (Å²) in [7, 11) is 3.55. The summed E-state index contributed by atoms with van der Waals surface area (Å²) in [5, 5.41) is 7.29. The maximum Gasteiger partial charge on any atom is 0.194 e. The van der Waals surface area contributed by atoms with Gasteiger partial charge in [-0.05, 0) is 12.1 Å². The first-order valence-corrected chi connectivity index (χ1v) is 8.07. The van der Waals surface area contributed by atoms with Gasteiger partial charge in [0.1, 0.15) is 23.8 Å². The minimum atomic E-state index is -0.431. The molecule has 1 aromatic heterocycles. The zero-order chi connectivity index (χ0) is 17.8. The Kier molecular flexibility index (Phi) is 5.11. The van der Waals surface area contributed by atoms with E-state index in [0.717, 1.165) is 17.9 Å². The molecule has 0 radical (unpaired) electrons. The van der Waals surface area contributed by atoms with Crippen LogP contribution in [0.4, 0.5) is 14.5 Å². The van der Waals surface area contributed by atoms with Crippen LogP contribution in [0, 0.1) is 11.6 Å². The molecule has 3 rings (SSSR count). The van der Waals surface area contributed by atoms with Crippen molar-refractivity contribution in [2.75, 3.05) is 38.1 Å². The van der Waals surface area contributed by atoms with Crippen molar-refractivity contribution in [3.63, 3.8) is 0 Å². The van der Waals surface area contributed by atoms with Crippen LogP contribution >= 0.6 is 0 Å². The minimum Gasteiger partial charge on any atom is -0.366 e. The molecule has 1 aliphatic rings. The molecule has 2 aromatic rings. The summed E-state index contributed by atoms with van der Waals surface area (Å²) >= 11 is 0. The van der Waals surface area contributed by atoms with Crippen molar-refractivity contribution in [3.05, 3.63) is 42.0 Å². The van der Waals surface area contributed by atoms with Gasteiger partial charge in [0, 0.05) is 46.3 Å². The molecule has 1 fully saturated rings. The molecule has 0 spiro atoms. The van der Waals surface area contributed by atoms with Crippen LogP contribution in [0.25, 0.3) is 0 Å². The first-order chi connectivity index (χ1) is 12.1. The lowest BCUT2D eigenvalue weighted by Crippen LogP contribution is -2.52. The number of hydrogen-bond donors (Lipinski definition) is 1. The van der Waals surface area contributed by atoms with Gasteiger partial charge in [0.05, 0.1) is 12.2 Å². The molecule has 7 nitrogen and oxygen atoms in total. The molecule has 0 saturated carbocycles. The highest BCUT2D eigenvalue weighted by molar-refractivity contribution is 5.80. The van der Waals surface area contributed by atoms with Crippen LogP contribution < -0.4 is 10.2 Å². The Bertz CT molecular complexity index is 751. The third-order valence-corrected chi connectivity index (χ3v) is 4.25. The van der Waals surface area contributed by atoms with Crippen LogP contribution in [-0.2, 0) is 13.6 Å². The van der Waals surface area contributed by atoms with Gasteiger partial charge in [-0.3, -0.25) is 9.67 Å². The van der Waals surface area contributed by atoms with Crippen LogP contribution in [0.1, 0.15) is 5.82 Å². The Morgan fingerprint density at radius 3 is 2.64 bits per heavy atom. The van der Waals surface area contributed by atoms with Crippen LogP contribution in [0.15, 0.2) is 29.5 Å². The summed E-state index contributed by atoms with van der Waals surface area (Å²) in [6.07, 6.45) is 1.51. The number of aryl methyl sites for hydroxylation is 1. The lowest BCUT2D eigenvalue weighted by atomic mass is 10.2. The second-order valence-corrected chi connectivity index (χ2v) is 5.77. The summed E-state index contributed by atoms with van der Waals surface area (Å²) in [5.41, 5.74) is 0.307. The highest BCUT2D eigenvalue weighted by Crippen LogP contribution is 2.21. The van der Waals surface area contributed by atoms with E-state index in [2.05, 4.69) is 25.3 Å². The zero-order valence-corrected chi connectivity index (χ0v) is 14.3. The van der Waals surface area contributed by atoms with Gasteiger partial charge < -0.3 is 15.1 Å². The van der Waals surface area contributed by atoms with E-state index in [9.17, 15) is 8.78 Å². The van der Waals surface area contributed by atoms with Gasteiger partial charge in [0.15, 0.2) is 5.96 Å². The third-order valence-electron chi connectivity index (χ3n) is 4.25. The second kappa shape index (κ2) is 7.45. The standard InChI is InChI=1S/C16H21F2N7/c1-19-16(20-10-15-21-11-22-23(15)2)25-7-5-24(6-8-25)14-9-12(17)3-4-13(14)18/h3-4,9,11H,5-8,10H2,1-2H3,(H,19,20). The number of anilines is 1. The summed E-state index contributed by atoms with van der Waals surface area (Å²) in [5.74, 6) is 0.726. The average molecular weight is 349 g/mol. The number of nitrogens with zero attached hydrogens (tertiary/aromatic N) is 6. The summed E-state index contributed by atoms with van der Waals surface area (Å²) in [4.78, 5) is 12.4. The van der Waals surface area contributed by atoms with Crippen LogP contribution in [0.3, 0.4) is 0 Å². The molecular weight excluding hydrogens is 328 g/mol. The minimum absolute atomic E-state index is 0.307. The summed E-state index contributed by atoms with van der Waals surface area (Å²) in [6.45, 7) is 3.01. The number of benzene rings is 1. The molecule has 25 heavy (non-hydrogen) atoms. The Labute approximate surface area is 145 Å². The summed E-state index contributed by atoms with van der Waals surface area (Å²) < 4.78 is 29.0. The van der Waals surface area contributed by atoms with Crippen LogP contribution in [0.5, 0.6) is 0 Å². The van der Waals surface area contributed by atoms with E-state index >= 15 is 0 Å². The Hall–Kier alpha value is -2.71. The maximum absolute atomic E-state index is 13.9. The normalized spacial score (nSPS) is 15.6. The van der Waals surface area contributed by atoms with Gasteiger partial charge in [-0.15, -0.1) is 0 Å². The number of hydrogen-bond acceptors (Lipinski definition) is 4. The van der Waals surface area contributed by atoms with Gasteiger partial charge in [0.2, 0.25) is 0 Å². The van der Waals surface area contributed by atoms with Gasteiger partial charge in [0.25, 0.3) is 0 Å². The predicted octanol–water partition coefficient (Wildman–Crippen LogP) is 0.991. The topological polar surface area (TPSA) is 61.6 Å². The SMILES string of the molecule is CN=C(NCc1ncnn1C)N1CCN(c2cc(F)ccc2F)CC1. The highest BCUT2D eigenvalue weighted by Gasteiger charge is 2.22. The fourth-order valence-electron chi connectivity index (χ4n) is 2.86. The predicted molar refractivity (Wildman–Crippen MR) is 91.3 cm³/mol. The fraction of sp³-hybridized carbons (Fsp3) is 0.438. The lowest BCUT2D eigenvalue weighted by Gasteiger charge is -2.37. The molecule has 0 bridgehead atoms. The van der Waals surface area contributed by atoms with Crippen molar-refractivity contribution in [1.29, 1.82) is 0 Å². The van der Waals surface area contributed by atoms with Crippen LogP contribution in [-0.4, -0.2) is 58.9 Å². The van der Waals surface area contributed by atoms with E-state index in [1.54, 1.807) is 11.7 Å². The van der Waals surface area contributed by atoms with Gasteiger partial charge in [-0.1, -0.05) is 0 Å². The smallest absolute Gasteiger partial charge is 0.194 e. The highest BCUT2D eigenvalue weighted by atomic mass is 19.1. The quantitative estimate of drug-likeness (QED) is 0.661. The molecule has 1 saturated heterocycles. The molecule has 0 amide bonds. The van der Waals surface area contributed by atoms with E-state index in [-0.39, 0.29) is 0 Å². The van der Waals surface area contributed by atoms with Crippen molar-refractivity contribution >= 4 is 11.6 Å². The molecule has 1 aromatic carbocycles. The van der Waals surface area contributed by atoms with E-state index in [1.165, 1.54) is 18.5 Å². The van der Waals surface area contributed by atoms with Crippen molar-refractivity contribution < 1.29 is 8.78 Å². The Morgan fingerprint density at radius 1 is 1.24 bits per heavy atom. The number of aromatic nitrogens is 3. The largest absolute Gasteiger partial charge is 0.366 e. The van der Waals surface area contributed by atoms with Gasteiger partial charge in [-0.25, -0.2) is 13.8 Å². The molecule has 1 aliphatic heterocycles. The fourth-order valence-corrected chi connectivity index (χ4v) is 2.86. The first kappa shape index (κ1) is 17.1. The number of piperazine rings is 1. The first-order valence-electron chi connectivity index (χ1n) is 8.07. The molecule has 0 atom stereocenters. The number of nitrogens with one attached hydrogen (secondary N) is 1.